The Bertz CT molecular complexity index is 422. The van der Waals surface area contributed by atoms with Crippen molar-refractivity contribution in [1.82, 2.24) is 10.2 Å². The molecule has 0 aromatic carbocycles. The van der Waals surface area contributed by atoms with Crippen LogP contribution in [0.3, 0.4) is 0 Å². The third-order valence-corrected chi connectivity index (χ3v) is 2.70. The van der Waals surface area contributed by atoms with E-state index in [0.717, 1.165) is 4.90 Å². The molecule has 0 radical (unpaired) electrons. The number of ether oxygens (including phenoxy) is 1. The molecule has 6 nitrogen and oxygen atoms in total. The highest BCUT2D eigenvalue weighted by molar-refractivity contribution is 6.18. The molecule has 1 rings (SSSR count). The lowest BCUT2D eigenvalue weighted by Gasteiger charge is -2.20. The number of amides is 3. The first kappa shape index (κ1) is 15.2. The van der Waals surface area contributed by atoms with E-state index in [4.69, 9.17) is 4.74 Å². The quantitative estimate of drug-likeness (QED) is 0.781. The van der Waals surface area contributed by atoms with E-state index in [9.17, 15) is 14.4 Å². The summed E-state index contributed by atoms with van der Waals surface area (Å²) < 4.78 is 5.05. The molecule has 6 heteroatoms. The van der Waals surface area contributed by atoms with Gasteiger partial charge in [0.15, 0.2) is 0 Å². The fraction of sp³-hybridized carbons (Fsp3) is 0.615. The number of imide groups is 1. The molecule has 0 fully saturated rings. The van der Waals surface area contributed by atoms with Crippen LogP contribution in [0.5, 0.6) is 0 Å². The first-order valence-electron chi connectivity index (χ1n) is 6.14. The van der Waals surface area contributed by atoms with Gasteiger partial charge in [-0.05, 0) is 34.6 Å². The van der Waals surface area contributed by atoms with E-state index in [0.29, 0.717) is 11.1 Å². The molecule has 19 heavy (non-hydrogen) atoms. The van der Waals surface area contributed by atoms with Crippen molar-refractivity contribution >= 4 is 17.9 Å². The van der Waals surface area contributed by atoms with Gasteiger partial charge in [0.2, 0.25) is 0 Å². The Hall–Kier alpha value is -1.85. The number of rotatable bonds is 3. The van der Waals surface area contributed by atoms with E-state index in [1.54, 1.807) is 34.6 Å². The normalized spacial score (nSPS) is 16.2. The largest absolute Gasteiger partial charge is 0.444 e. The first-order chi connectivity index (χ1) is 8.63. The molecule has 0 unspecified atom stereocenters. The molecule has 1 aliphatic heterocycles. The third kappa shape index (κ3) is 3.81. The topological polar surface area (TPSA) is 75.7 Å². The average Bonchev–Trinajstić information content (AvgIpc) is 2.44. The summed E-state index contributed by atoms with van der Waals surface area (Å²) >= 11 is 0. The number of hydrogen-bond donors (Lipinski definition) is 1. The lowest BCUT2D eigenvalue weighted by atomic mass is 10.2. The number of nitrogens with zero attached hydrogens (tertiary/aromatic N) is 1. The highest BCUT2D eigenvalue weighted by atomic mass is 16.6. The predicted octanol–water partition coefficient (Wildman–Crippen LogP) is 1.22. The molecule has 0 saturated heterocycles. The number of carbonyl (C=O) groups is 3. The van der Waals surface area contributed by atoms with E-state index in [-0.39, 0.29) is 24.9 Å². The van der Waals surface area contributed by atoms with Crippen LogP contribution in [0.15, 0.2) is 11.1 Å². The van der Waals surface area contributed by atoms with E-state index < -0.39 is 11.7 Å². The fourth-order valence-corrected chi connectivity index (χ4v) is 1.60. The summed E-state index contributed by atoms with van der Waals surface area (Å²) in [4.78, 5) is 36.0. The van der Waals surface area contributed by atoms with Crippen LogP contribution in [-0.2, 0) is 14.3 Å². The molecule has 0 bridgehead atoms. The standard InChI is InChI=1S/C13H20N2O4/c1-8-9(2)11(17)15(10(8)16)7-6-14-12(18)19-13(3,4)5/h6-7H2,1-5H3,(H,14,18). The van der Waals surface area contributed by atoms with Crippen molar-refractivity contribution in [2.45, 2.75) is 40.2 Å². The van der Waals surface area contributed by atoms with Gasteiger partial charge < -0.3 is 10.1 Å². The van der Waals surface area contributed by atoms with Crippen molar-refractivity contribution in [3.8, 4) is 0 Å². The number of nitrogens with one attached hydrogen (secondary N) is 1. The molecular formula is C13H20N2O4. The lowest BCUT2D eigenvalue weighted by Crippen LogP contribution is -2.40. The SMILES string of the molecule is CC1=C(C)C(=O)N(CCNC(=O)OC(C)(C)C)C1=O. The van der Waals surface area contributed by atoms with E-state index in [2.05, 4.69) is 5.32 Å². The predicted molar refractivity (Wildman–Crippen MR) is 69.3 cm³/mol. The summed E-state index contributed by atoms with van der Waals surface area (Å²) in [5.41, 5.74) is 0.350. The molecule has 0 spiro atoms. The summed E-state index contributed by atoms with van der Waals surface area (Å²) in [6, 6.07) is 0. The molecule has 0 saturated carbocycles. The van der Waals surface area contributed by atoms with Gasteiger partial charge in [0.1, 0.15) is 5.60 Å². The first-order valence-corrected chi connectivity index (χ1v) is 6.14. The number of alkyl carbamates (subject to hydrolysis) is 1. The Morgan fingerprint density at radius 2 is 1.63 bits per heavy atom. The van der Waals surface area contributed by atoms with E-state index >= 15 is 0 Å². The van der Waals surface area contributed by atoms with E-state index in [1.807, 2.05) is 0 Å². The monoisotopic (exact) mass is 268 g/mol. The van der Waals surface area contributed by atoms with Gasteiger partial charge in [-0.3, -0.25) is 14.5 Å². The van der Waals surface area contributed by atoms with Crippen LogP contribution in [0, 0.1) is 0 Å². The Balaban J connectivity index is 2.42. The number of hydrogen-bond acceptors (Lipinski definition) is 4. The summed E-state index contributed by atoms with van der Waals surface area (Å²) in [6.07, 6.45) is -0.562. The Morgan fingerprint density at radius 3 is 2.05 bits per heavy atom. The second-order valence-electron chi connectivity index (χ2n) is 5.44. The van der Waals surface area contributed by atoms with Gasteiger partial charge >= 0.3 is 6.09 Å². The van der Waals surface area contributed by atoms with Crippen molar-refractivity contribution in [2.24, 2.45) is 0 Å². The minimum Gasteiger partial charge on any atom is -0.444 e. The molecule has 1 aliphatic rings. The second kappa shape index (κ2) is 5.42. The zero-order valence-electron chi connectivity index (χ0n) is 12.0. The summed E-state index contributed by atoms with van der Waals surface area (Å²) in [5.74, 6) is -0.595. The maximum atomic E-state index is 11.7. The summed E-state index contributed by atoms with van der Waals surface area (Å²) in [5, 5.41) is 2.51. The second-order valence-corrected chi connectivity index (χ2v) is 5.44. The van der Waals surface area contributed by atoms with Gasteiger partial charge in [-0.1, -0.05) is 0 Å². The Labute approximate surface area is 112 Å². The Kier molecular flexibility index (Phi) is 4.34. The lowest BCUT2D eigenvalue weighted by molar-refractivity contribution is -0.137. The molecule has 106 valence electrons. The van der Waals surface area contributed by atoms with Gasteiger partial charge in [0, 0.05) is 24.2 Å². The third-order valence-electron chi connectivity index (χ3n) is 2.70. The zero-order valence-corrected chi connectivity index (χ0v) is 12.0. The maximum absolute atomic E-state index is 11.7. The average molecular weight is 268 g/mol. The minimum absolute atomic E-state index is 0.144. The van der Waals surface area contributed by atoms with Crippen molar-refractivity contribution < 1.29 is 19.1 Å². The van der Waals surface area contributed by atoms with Gasteiger partial charge in [-0.15, -0.1) is 0 Å². The molecule has 0 aliphatic carbocycles. The smallest absolute Gasteiger partial charge is 0.407 e. The maximum Gasteiger partial charge on any atom is 0.407 e. The van der Waals surface area contributed by atoms with Crippen molar-refractivity contribution in [1.29, 1.82) is 0 Å². The Morgan fingerprint density at radius 1 is 1.16 bits per heavy atom. The summed E-state index contributed by atoms with van der Waals surface area (Å²) in [7, 11) is 0. The molecule has 0 aromatic heterocycles. The van der Waals surface area contributed by atoms with Crippen molar-refractivity contribution in [3.63, 3.8) is 0 Å². The molecule has 1 N–H and O–H groups in total. The highest BCUT2D eigenvalue weighted by Crippen LogP contribution is 2.18. The van der Waals surface area contributed by atoms with Gasteiger partial charge in [0.05, 0.1) is 0 Å². The zero-order chi connectivity index (χ0) is 14.8. The van der Waals surface area contributed by atoms with Gasteiger partial charge in [-0.25, -0.2) is 4.79 Å². The molecular weight excluding hydrogens is 248 g/mol. The van der Waals surface area contributed by atoms with Crippen LogP contribution in [-0.4, -0.2) is 41.5 Å². The van der Waals surface area contributed by atoms with Crippen LogP contribution in [0.25, 0.3) is 0 Å². The van der Waals surface area contributed by atoms with Crippen LogP contribution in [0.4, 0.5) is 4.79 Å². The van der Waals surface area contributed by atoms with Gasteiger partial charge in [-0.2, -0.15) is 0 Å². The van der Waals surface area contributed by atoms with Crippen molar-refractivity contribution in [3.05, 3.63) is 11.1 Å². The molecule has 0 aromatic rings. The molecule has 3 amide bonds. The van der Waals surface area contributed by atoms with Crippen LogP contribution >= 0.6 is 0 Å². The van der Waals surface area contributed by atoms with Crippen LogP contribution < -0.4 is 5.32 Å². The summed E-state index contributed by atoms with van der Waals surface area (Å²) in [6.45, 7) is 8.84. The van der Waals surface area contributed by atoms with E-state index in [1.165, 1.54) is 0 Å². The number of carbonyl (C=O) groups excluding carboxylic acids is 3. The van der Waals surface area contributed by atoms with Crippen LogP contribution in [0.2, 0.25) is 0 Å². The van der Waals surface area contributed by atoms with Crippen molar-refractivity contribution in [2.75, 3.05) is 13.1 Å². The molecule has 0 atom stereocenters. The van der Waals surface area contributed by atoms with Crippen LogP contribution in [0.1, 0.15) is 34.6 Å². The van der Waals surface area contributed by atoms with Gasteiger partial charge in [0.25, 0.3) is 11.8 Å². The molecule has 1 heterocycles. The fourth-order valence-electron chi connectivity index (χ4n) is 1.60. The highest BCUT2D eigenvalue weighted by Gasteiger charge is 2.32. The minimum atomic E-state index is -0.571.